The zero-order chi connectivity index (χ0) is 21.0. The molecule has 1 aromatic heterocycles. The minimum absolute atomic E-state index is 0.00291. The molecule has 152 valence electrons. The Bertz CT molecular complexity index is 981. The number of alkyl halides is 3. The van der Waals surface area contributed by atoms with Crippen LogP contribution in [-0.2, 0) is 17.4 Å². The van der Waals surface area contributed by atoms with Crippen LogP contribution >= 0.6 is 11.8 Å². The van der Waals surface area contributed by atoms with E-state index in [1.54, 1.807) is 11.8 Å². The molecule has 0 aliphatic heterocycles. The average Bonchev–Trinajstić information content (AvgIpc) is 3.11. The highest BCUT2D eigenvalue weighted by atomic mass is 32.2. The lowest BCUT2D eigenvalue weighted by molar-refractivity contribution is -0.138. The molecule has 2 aromatic carbocycles. The van der Waals surface area contributed by atoms with Crippen LogP contribution in [0, 0.1) is 0 Å². The highest BCUT2D eigenvalue weighted by molar-refractivity contribution is 7.98. The molecule has 3 aromatic rings. The van der Waals surface area contributed by atoms with Crippen LogP contribution in [0.4, 0.5) is 13.2 Å². The van der Waals surface area contributed by atoms with Crippen molar-refractivity contribution in [2.45, 2.75) is 30.3 Å². The third-order valence-corrected chi connectivity index (χ3v) is 5.27. The van der Waals surface area contributed by atoms with Gasteiger partial charge in [0.15, 0.2) is 0 Å². The molecule has 29 heavy (non-hydrogen) atoms. The molecule has 2 N–H and O–H groups in total. The van der Waals surface area contributed by atoms with E-state index in [2.05, 4.69) is 10.2 Å². The number of hydrogen-bond acceptors (Lipinski definition) is 3. The molecular formula is C21H19F3N2O2S. The molecule has 3 rings (SSSR count). The van der Waals surface area contributed by atoms with Crippen molar-refractivity contribution in [2.75, 3.05) is 6.26 Å². The largest absolute Gasteiger partial charge is 0.481 e. The van der Waals surface area contributed by atoms with E-state index in [1.165, 1.54) is 12.1 Å². The van der Waals surface area contributed by atoms with Gasteiger partial charge in [0.2, 0.25) is 0 Å². The third-order valence-electron chi connectivity index (χ3n) is 4.53. The van der Waals surface area contributed by atoms with Crippen LogP contribution < -0.4 is 0 Å². The fourth-order valence-electron chi connectivity index (χ4n) is 3.07. The second kappa shape index (κ2) is 8.73. The summed E-state index contributed by atoms with van der Waals surface area (Å²) in [7, 11) is 0. The van der Waals surface area contributed by atoms with Crippen LogP contribution in [0.2, 0.25) is 0 Å². The Labute approximate surface area is 170 Å². The first-order valence-electron chi connectivity index (χ1n) is 8.90. The lowest BCUT2D eigenvalue weighted by Crippen LogP contribution is -2.04. The average molecular weight is 420 g/mol. The number of benzene rings is 2. The second-order valence-electron chi connectivity index (χ2n) is 6.47. The fraction of sp³-hybridized carbons (Fsp3) is 0.238. The van der Waals surface area contributed by atoms with E-state index >= 15 is 0 Å². The molecule has 0 amide bonds. The van der Waals surface area contributed by atoms with Crippen LogP contribution in [0.1, 0.15) is 24.1 Å². The molecule has 0 unspecified atom stereocenters. The summed E-state index contributed by atoms with van der Waals surface area (Å²) in [4.78, 5) is 11.9. The molecule has 1 heterocycles. The van der Waals surface area contributed by atoms with E-state index in [-0.39, 0.29) is 6.42 Å². The van der Waals surface area contributed by atoms with Gasteiger partial charge in [0.05, 0.1) is 17.0 Å². The fourth-order valence-corrected chi connectivity index (χ4v) is 3.48. The van der Waals surface area contributed by atoms with Gasteiger partial charge < -0.3 is 5.11 Å². The molecule has 8 heteroatoms. The monoisotopic (exact) mass is 420 g/mol. The van der Waals surface area contributed by atoms with Gasteiger partial charge in [0.1, 0.15) is 0 Å². The highest BCUT2D eigenvalue weighted by Crippen LogP contribution is 2.36. The molecule has 0 spiro atoms. The van der Waals surface area contributed by atoms with Gasteiger partial charge in [-0.05, 0) is 48.9 Å². The summed E-state index contributed by atoms with van der Waals surface area (Å²) in [5.74, 6) is -0.899. The molecule has 0 fully saturated rings. The van der Waals surface area contributed by atoms with Gasteiger partial charge in [-0.3, -0.25) is 9.89 Å². The number of aromatic nitrogens is 2. The van der Waals surface area contributed by atoms with Gasteiger partial charge in [-0.1, -0.05) is 24.3 Å². The number of aliphatic carboxylic acids is 1. The summed E-state index contributed by atoms with van der Waals surface area (Å²) in [6.45, 7) is 0. The van der Waals surface area contributed by atoms with Crippen LogP contribution in [-0.4, -0.2) is 27.5 Å². The van der Waals surface area contributed by atoms with Crippen molar-refractivity contribution in [1.82, 2.24) is 10.2 Å². The van der Waals surface area contributed by atoms with Gasteiger partial charge >= 0.3 is 12.1 Å². The Balaban J connectivity index is 2.02. The first kappa shape index (κ1) is 21.0. The van der Waals surface area contributed by atoms with Crippen molar-refractivity contribution in [3.63, 3.8) is 0 Å². The van der Waals surface area contributed by atoms with Crippen molar-refractivity contribution >= 4 is 17.7 Å². The molecule has 0 saturated carbocycles. The van der Waals surface area contributed by atoms with Crippen LogP contribution in [0.25, 0.3) is 22.4 Å². The maximum absolute atomic E-state index is 12.9. The Morgan fingerprint density at radius 1 is 1.07 bits per heavy atom. The highest BCUT2D eigenvalue weighted by Gasteiger charge is 2.30. The van der Waals surface area contributed by atoms with Crippen LogP contribution in [0.5, 0.6) is 0 Å². The Morgan fingerprint density at radius 3 is 2.24 bits per heavy atom. The summed E-state index contributed by atoms with van der Waals surface area (Å²) in [5.41, 5.74) is 2.76. The number of thioether (sulfide) groups is 1. The molecule has 4 nitrogen and oxygen atoms in total. The summed E-state index contributed by atoms with van der Waals surface area (Å²) in [5, 5.41) is 16.2. The van der Waals surface area contributed by atoms with Gasteiger partial charge in [0, 0.05) is 22.4 Å². The Hall–Kier alpha value is -2.74. The van der Waals surface area contributed by atoms with E-state index in [1.807, 2.05) is 30.5 Å². The van der Waals surface area contributed by atoms with E-state index in [4.69, 9.17) is 5.11 Å². The van der Waals surface area contributed by atoms with Crippen LogP contribution in [0.3, 0.4) is 0 Å². The summed E-state index contributed by atoms with van der Waals surface area (Å²) in [6, 6.07) is 12.7. The quantitative estimate of drug-likeness (QED) is 0.468. The number of carbonyl (C=O) groups is 1. The number of H-pyrrole nitrogens is 1. The minimum Gasteiger partial charge on any atom is -0.481 e. The summed E-state index contributed by atoms with van der Waals surface area (Å²) >= 11 is 1.61. The standard InChI is InChI=1S/C21H19F3N2O2S/c1-29-16-11-7-14(8-12-16)20-19(17(25-26-20)3-2-4-18(27)28)13-5-9-15(10-6-13)21(22,23)24/h5-12H,2-4H2,1H3,(H,25,26)(H,27,28). The normalized spacial score (nSPS) is 11.6. The first-order chi connectivity index (χ1) is 13.8. The van der Waals surface area contributed by atoms with E-state index in [9.17, 15) is 18.0 Å². The number of aryl methyl sites for hydroxylation is 1. The number of hydrogen-bond donors (Lipinski definition) is 2. The van der Waals surface area contributed by atoms with Crippen molar-refractivity contribution in [3.05, 3.63) is 59.8 Å². The third kappa shape index (κ3) is 5.00. The lowest BCUT2D eigenvalue weighted by atomic mass is 9.96. The Morgan fingerprint density at radius 2 is 1.69 bits per heavy atom. The molecule has 0 bridgehead atoms. The summed E-state index contributed by atoms with van der Waals surface area (Å²) < 4.78 is 38.8. The SMILES string of the molecule is CSc1ccc(-c2[nH]nc(CCCC(=O)O)c2-c2ccc(C(F)(F)F)cc2)cc1. The maximum Gasteiger partial charge on any atom is 0.416 e. The molecule has 0 aliphatic carbocycles. The molecule has 0 aliphatic rings. The molecule has 0 saturated heterocycles. The topological polar surface area (TPSA) is 66.0 Å². The number of carboxylic acids is 1. The predicted molar refractivity (Wildman–Crippen MR) is 107 cm³/mol. The molecule has 0 radical (unpaired) electrons. The zero-order valence-corrected chi connectivity index (χ0v) is 16.4. The number of carboxylic acid groups (broad SMARTS) is 1. The van der Waals surface area contributed by atoms with Crippen molar-refractivity contribution in [1.29, 1.82) is 0 Å². The number of aromatic amines is 1. The van der Waals surface area contributed by atoms with E-state index < -0.39 is 17.7 Å². The summed E-state index contributed by atoms with van der Waals surface area (Å²) in [6.07, 6.45) is -1.65. The zero-order valence-electron chi connectivity index (χ0n) is 15.6. The number of nitrogens with zero attached hydrogens (tertiary/aromatic N) is 1. The maximum atomic E-state index is 12.9. The van der Waals surface area contributed by atoms with Crippen molar-refractivity contribution in [2.24, 2.45) is 0 Å². The van der Waals surface area contributed by atoms with Gasteiger partial charge in [-0.2, -0.15) is 18.3 Å². The van der Waals surface area contributed by atoms with Crippen molar-refractivity contribution in [3.8, 4) is 22.4 Å². The number of rotatable bonds is 7. The lowest BCUT2D eigenvalue weighted by Gasteiger charge is -2.10. The number of nitrogens with one attached hydrogen (secondary N) is 1. The van der Waals surface area contributed by atoms with Gasteiger partial charge in [-0.15, -0.1) is 11.8 Å². The van der Waals surface area contributed by atoms with Crippen LogP contribution in [0.15, 0.2) is 53.4 Å². The van der Waals surface area contributed by atoms with Gasteiger partial charge in [0.25, 0.3) is 0 Å². The van der Waals surface area contributed by atoms with Gasteiger partial charge in [-0.25, -0.2) is 0 Å². The first-order valence-corrected chi connectivity index (χ1v) is 10.1. The predicted octanol–water partition coefficient (Wildman–Crippen LogP) is 5.89. The van der Waals surface area contributed by atoms with E-state index in [0.29, 0.717) is 35.4 Å². The number of halogens is 3. The van der Waals surface area contributed by atoms with E-state index in [0.717, 1.165) is 22.6 Å². The second-order valence-corrected chi connectivity index (χ2v) is 7.35. The Kier molecular flexibility index (Phi) is 6.32. The molecule has 0 atom stereocenters. The molecular weight excluding hydrogens is 401 g/mol. The smallest absolute Gasteiger partial charge is 0.416 e. The minimum atomic E-state index is -4.41. The van der Waals surface area contributed by atoms with Crippen molar-refractivity contribution < 1.29 is 23.1 Å².